The van der Waals surface area contributed by atoms with Gasteiger partial charge in [-0.3, -0.25) is 9.79 Å². The van der Waals surface area contributed by atoms with Crippen LogP contribution < -0.4 is 10.6 Å². The van der Waals surface area contributed by atoms with Crippen molar-refractivity contribution in [3.05, 3.63) is 34.9 Å². The topological polar surface area (TPSA) is 56.7 Å². The summed E-state index contributed by atoms with van der Waals surface area (Å²) in [5.74, 6) is 0.648. The molecule has 1 rings (SSSR count). The van der Waals surface area contributed by atoms with E-state index in [-0.39, 0.29) is 36.4 Å². The zero-order valence-electron chi connectivity index (χ0n) is 13.2. The monoisotopic (exact) mass is 438 g/mol. The van der Waals surface area contributed by atoms with Crippen LogP contribution in [0.25, 0.3) is 0 Å². The number of nitrogens with one attached hydrogen (secondary N) is 2. The molecule has 1 aromatic rings. The van der Waals surface area contributed by atoms with Gasteiger partial charge in [-0.15, -0.1) is 24.0 Å². The van der Waals surface area contributed by atoms with Crippen molar-refractivity contribution in [2.75, 3.05) is 27.2 Å². The summed E-state index contributed by atoms with van der Waals surface area (Å²) in [6.45, 7) is 3.62. The van der Waals surface area contributed by atoms with Gasteiger partial charge in [-0.05, 0) is 24.1 Å². The van der Waals surface area contributed by atoms with Crippen molar-refractivity contribution in [1.29, 1.82) is 0 Å². The number of aliphatic imine (C=N–C) groups is 1. The fraction of sp³-hybridized carbons (Fsp3) is 0.467. The third-order valence-electron chi connectivity index (χ3n) is 2.89. The van der Waals surface area contributed by atoms with Gasteiger partial charge in [0.2, 0.25) is 5.91 Å². The van der Waals surface area contributed by atoms with Crippen LogP contribution in [0.1, 0.15) is 18.9 Å². The van der Waals surface area contributed by atoms with Crippen molar-refractivity contribution < 1.29 is 4.79 Å². The Morgan fingerprint density at radius 3 is 2.45 bits per heavy atom. The predicted octanol–water partition coefficient (Wildman–Crippen LogP) is 2.49. The van der Waals surface area contributed by atoms with Crippen LogP contribution >= 0.6 is 35.6 Å². The third kappa shape index (κ3) is 7.84. The molecule has 7 heteroatoms. The average Bonchev–Trinajstić information content (AvgIpc) is 2.48. The van der Waals surface area contributed by atoms with E-state index in [4.69, 9.17) is 11.6 Å². The minimum absolute atomic E-state index is 0. The second-order valence-corrected chi connectivity index (χ2v) is 5.17. The lowest BCUT2D eigenvalue weighted by molar-refractivity contribution is -0.120. The number of carbonyl (C=O) groups is 1. The van der Waals surface area contributed by atoms with E-state index in [2.05, 4.69) is 15.6 Å². The van der Waals surface area contributed by atoms with Gasteiger partial charge in [0.1, 0.15) is 0 Å². The summed E-state index contributed by atoms with van der Waals surface area (Å²) in [5.41, 5.74) is 1.13. The van der Waals surface area contributed by atoms with Gasteiger partial charge in [0.25, 0.3) is 0 Å². The molecule has 0 bridgehead atoms. The molecule has 0 spiro atoms. The van der Waals surface area contributed by atoms with Crippen molar-refractivity contribution in [3.63, 3.8) is 0 Å². The van der Waals surface area contributed by atoms with Crippen LogP contribution in [-0.4, -0.2) is 44.0 Å². The molecule has 0 saturated heterocycles. The van der Waals surface area contributed by atoms with Crippen molar-refractivity contribution in [2.24, 2.45) is 4.99 Å². The van der Waals surface area contributed by atoms with Gasteiger partial charge in [-0.25, -0.2) is 0 Å². The molecule has 0 aliphatic heterocycles. The highest BCUT2D eigenvalue weighted by atomic mass is 127. The minimum atomic E-state index is -0.0297. The summed E-state index contributed by atoms with van der Waals surface area (Å²) in [6, 6.07) is 7.67. The predicted molar refractivity (Wildman–Crippen MR) is 103 cm³/mol. The maximum absolute atomic E-state index is 11.6. The van der Waals surface area contributed by atoms with Crippen LogP contribution in [0.4, 0.5) is 0 Å². The number of rotatable bonds is 6. The van der Waals surface area contributed by atoms with Crippen LogP contribution in [0, 0.1) is 0 Å². The molecule has 1 aromatic carbocycles. The van der Waals surface area contributed by atoms with Gasteiger partial charge in [0.15, 0.2) is 5.96 Å². The van der Waals surface area contributed by atoms with E-state index in [9.17, 15) is 4.79 Å². The van der Waals surface area contributed by atoms with Crippen molar-refractivity contribution in [3.8, 4) is 0 Å². The maximum Gasteiger partial charge on any atom is 0.239 e. The summed E-state index contributed by atoms with van der Waals surface area (Å²) >= 11 is 5.87. The van der Waals surface area contributed by atoms with Gasteiger partial charge in [0, 0.05) is 32.2 Å². The molecule has 0 atom stereocenters. The number of halogens is 2. The highest BCUT2D eigenvalue weighted by Gasteiger charge is 2.08. The Morgan fingerprint density at radius 1 is 1.27 bits per heavy atom. The minimum Gasteiger partial charge on any atom is -0.355 e. The van der Waals surface area contributed by atoms with Gasteiger partial charge < -0.3 is 15.5 Å². The maximum atomic E-state index is 11.6. The zero-order valence-corrected chi connectivity index (χ0v) is 16.3. The number of carbonyl (C=O) groups excluding carboxylic acids is 1. The molecule has 0 saturated carbocycles. The lowest BCUT2D eigenvalue weighted by Crippen LogP contribution is -2.43. The first-order valence-electron chi connectivity index (χ1n) is 6.99. The van der Waals surface area contributed by atoms with Crippen LogP contribution in [0.15, 0.2) is 29.3 Å². The van der Waals surface area contributed by atoms with E-state index < -0.39 is 0 Å². The molecule has 0 aliphatic carbocycles. The number of benzene rings is 1. The van der Waals surface area contributed by atoms with E-state index in [1.54, 1.807) is 7.05 Å². The lowest BCUT2D eigenvalue weighted by Gasteiger charge is -2.22. The molecule has 0 unspecified atom stereocenters. The normalized spacial score (nSPS) is 10.6. The molecule has 0 fully saturated rings. The van der Waals surface area contributed by atoms with Gasteiger partial charge in [-0.1, -0.05) is 30.7 Å². The highest BCUT2D eigenvalue weighted by molar-refractivity contribution is 14.0. The first-order chi connectivity index (χ1) is 10.1. The number of hydrogen-bond donors (Lipinski definition) is 2. The van der Waals surface area contributed by atoms with E-state index in [0.29, 0.717) is 19.0 Å². The van der Waals surface area contributed by atoms with E-state index in [1.165, 1.54) is 0 Å². The number of amides is 1. The first-order valence-corrected chi connectivity index (χ1v) is 7.37. The van der Waals surface area contributed by atoms with Gasteiger partial charge in [-0.2, -0.15) is 0 Å². The van der Waals surface area contributed by atoms with Gasteiger partial charge in [0.05, 0.1) is 6.54 Å². The molecule has 0 heterocycles. The highest BCUT2D eigenvalue weighted by Crippen LogP contribution is 2.10. The van der Waals surface area contributed by atoms with E-state index >= 15 is 0 Å². The zero-order chi connectivity index (χ0) is 15.7. The summed E-state index contributed by atoms with van der Waals surface area (Å²) in [4.78, 5) is 17.7. The lowest BCUT2D eigenvalue weighted by atomic mass is 10.2. The molecule has 0 aliphatic rings. The molecular formula is C15H24ClIN4O. The Hall–Kier alpha value is -1.02. The van der Waals surface area contributed by atoms with E-state index in [1.807, 2.05) is 43.1 Å². The Labute approximate surface area is 154 Å². The fourth-order valence-corrected chi connectivity index (χ4v) is 1.94. The SMILES string of the molecule is CCCNC(=O)CNC(=NC)N(C)Cc1ccc(Cl)cc1.I. The smallest absolute Gasteiger partial charge is 0.239 e. The van der Waals surface area contributed by atoms with Crippen LogP contribution in [0.3, 0.4) is 0 Å². The number of nitrogens with zero attached hydrogens (tertiary/aromatic N) is 2. The molecule has 124 valence electrons. The molecule has 0 radical (unpaired) electrons. The fourth-order valence-electron chi connectivity index (χ4n) is 1.81. The Bertz CT molecular complexity index is 479. The third-order valence-corrected chi connectivity index (χ3v) is 3.14. The average molecular weight is 439 g/mol. The van der Waals surface area contributed by atoms with Crippen molar-refractivity contribution >= 4 is 47.4 Å². The number of hydrogen-bond acceptors (Lipinski definition) is 2. The summed E-state index contributed by atoms with van der Waals surface area (Å²) in [7, 11) is 3.62. The molecule has 1 amide bonds. The Kier molecular flexibility index (Phi) is 11.0. The van der Waals surface area contributed by atoms with Crippen molar-refractivity contribution in [1.82, 2.24) is 15.5 Å². The summed E-state index contributed by atoms with van der Waals surface area (Å²) in [5, 5.41) is 6.58. The molecule has 22 heavy (non-hydrogen) atoms. The second kappa shape index (κ2) is 11.5. The van der Waals surface area contributed by atoms with Crippen LogP contribution in [0.2, 0.25) is 5.02 Å². The second-order valence-electron chi connectivity index (χ2n) is 4.73. The molecule has 2 N–H and O–H groups in total. The molecule has 5 nitrogen and oxygen atoms in total. The molecular weight excluding hydrogens is 415 g/mol. The van der Waals surface area contributed by atoms with Crippen LogP contribution in [0.5, 0.6) is 0 Å². The molecule has 0 aromatic heterocycles. The van der Waals surface area contributed by atoms with Crippen molar-refractivity contribution in [2.45, 2.75) is 19.9 Å². The largest absolute Gasteiger partial charge is 0.355 e. The number of guanidine groups is 1. The standard InChI is InChI=1S/C15H23ClN4O.HI/c1-4-9-18-14(21)10-19-15(17-2)20(3)11-12-5-7-13(16)8-6-12;/h5-8H,4,9-11H2,1-3H3,(H,17,19)(H,18,21);1H. The van der Waals surface area contributed by atoms with Crippen LogP contribution in [-0.2, 0) is 11.3 Å². The summed E-state index contributed by atoms with van der Waals surface area (Å²) < 4.78 is 0. The Morgan fingerprint density at radius 2 is 1.91 bits per heavy atom. The Balaban J connectivity index is 0.00000441. The van der Waals surface area contributed by atoms with E-state index in [0.717, 1.165) is 17.0 Å². The quantitative estimate of drug-likeness (QED) is 0.408. The van der Waals surface area contributed by atoms with Gasteiger partial charge >= 0.3 is 0 Å². The first kappa shape index (κ1) is 21.0. The summed E-state index contributed by atoms with van der Waals surface area (Å²) in [6.07, 6.45) is 0.928.